The third-order valence-electron chi connectivity index (χ3n) is 3.12. The molecule has 1 atom stereocenters. The van der Waals surface area contributed by atoms with Gasteiger partial charge in [0.05, 0.1) is 9.21 Å². The van der Waals surface area contributed by atoms with Gasteiger partial charge in [-0.2, -0.15) is 0 Å². The van der Waals surface area contributed by atoms with Gasteiger partial charge in [-0.15, -0.1) is 11.3 Å². The molecule has 1 unspecified atom stereocenters. The first kappa shape index (κ1) is 16.0. The van der Waals surface area contributed by atoms with Crippen molar-refractivity contribution in [2.75, 3.05) is 6.61 Å². The van der Waals surface area contributed by atoms with Crippen LogP contribution in [0.25, 0.3) is 10.6 Å². The normalized spacial score (nSPS) is 12.6. The van der Waals surface area contributed by atoms with Gasteiger partial charge in [-0.1, -0.05) is 30.6 Å². The zero-order chi connectivity index (χ0) is 15.4. The van der Waals surface area contributed by atoms with Crippen LogP contribution in [0.2, 0.25) is 4.34 Å². The summed E-state index contributed by atoms with van der Waals surface area (Å²) < 4.78 is 5.83. The zero-order valence-corrected chi connectivity index (χ0v) is 13.4. The summed E-state index contributed by atoms with van der Waals surface area (Å²) in [5.41, 5.74) is 0.220. The molecule has 114 valence electrons. The summed E-state index contributed by atoms with van der Waals surface area (Å²) in [5, 5.41) is 15.7. The van der Waals surface area contributed by atoms with E-state index >= 15 is 0 Å². The average Bonchev–Trinajstić information content (AvgIpc) is 3.06. The standard InChI is InChI=1S/C14H17ClN2O3S/c1-8(2)9(5-6-18)16-14(19)10-7-11(20-17-10)12-3-4-13(15)21-12/h3-4,7-9,18H,5-6H2,1-2H3,(H,16,19). The number of amides is 1. The number of aromatic nitrogens is 1. The van der Waals surface area contributed by atoms with Gasteiger partial charge in [-0.25, -0.2) is 0 Å². The molecular formula is C14H17ClN2O3S. The Balaban J connectivity index is 2.08. The summed E-state index contributed by atoms with van der Waals surface area (Å²) in [6, 6.07) is 5.07. The van der Waals surface area contributed by atoms with Gasteiger partial charge in [-0.05, 0) is 24.5 Å². The van der Waals surface area contributed by atoms with Crippen molar-refractivity contribution in [2.45, 2.75) is 26.3 Å². The van der Waals surface area contributed by atoms with Crippen LogP contribution >= 0.6 is 22.9 Å². The fourth-order valence-corrected chi connectivity index (χ4v) is 2.89. The maximum atomic E-state index is 12.1. The Labute approximate surface area is 131 Å². The van der Waals surface area contributed by atoms with Crippen molar-refractivity contribution < 1.29 is 14.4 Å². The first-order valence-corrected chi connectivity index (χ1v) is 7.85. The lowest BCUT2D eigenvalue weighted by Crippen LogP contribution is -2.39. The second-order valence-corrected chi connectivity index (χ2v) is 6.73. The molecule has 2 aromatic rings. The summed E-state index contributed by atoms with van der Waals surface area (Å²) in [5.74, 6) is 0.434. The van der Waals surface area contributed by atoms with Crippen LogP contribution in [0, 0.1) is 5.92 Å². The van der Waals surface area contributed by atoms with Crippen LogP contribution in [0.3, 0.4) is 0 Å². The van der Waals surface area contributed by atoms with E-state index in [1.807, 2.05) is 19.9 Å². The molecule has 2 rings (SSSR count). The topological polar surface area (TPSA) is 75.4 Å². The van der Waals surface area contributed by atoms with Crippen molar-refractivity contribution in [1.82, 2.24) is 10.5 Å². The third kappa shape index (κ3) is 4.06. The molecule has 0 aromatic carbocycles. The molecule has 0 saturated carbocycles. The van der Waals surface area contributed by atoms with Crippen molar-refractivity contribution in [2.24, 2.45) is 5.92 Å². The quantitative estimate of drug-likeness (QED) is 0.854. The highest BCUT2D eigenvalue weighted by Crippen LogP contribution is 2.31. The molecule has 2 heterocycles. The highest BCUT2D eigenvalue weighted by Gasteiger charge is 2.20. The number of hydrogen-bond donors (Lipinski definition) is 2. The second kappa shape index (κ2) is 7.06. The van der Waals surface area contributed by atoms with E-state index in [1.54, 1.807) is 12.1 Å². The lowest BCUT2D eigenvalue weighted by Gasteiger charge is -2.20. The lowest BCUT2D eigenvalue weighted by atomic mass is 10.0. The fraction of sp³-hybridized carbons (Fsp3) is 0.429. The number of aliphatic hydroxyl groups excluding tert-OH is 1. The van der Waals surface area contributed by atoms with E-state index in [0.29, 0.717) is 16.5 Å². The maximum Gasteiger partial charge on any atom is 0.273 e. The maximum absolute atomic E-state index is 12.1. The predicted molar refractivity (Wildman–Crippen MR) is 82.6 cm³/mol. The van der Waals surface area contributed by atoms with Gasteiger partial charge >= 0.3 is 0 Å². The number of aliphatic hydroxyl groups is 1. The molecule has 5 nitrogen and oxygen atoms in total. The van der Waals surface area contributed by atoms with E-state index in [4.69, 9.17) is 21.2 Å². The molecule has 2 aromatic heterocycles. The first-order valence-electron chi connectivity index (χ1n) is 6.65. The average molecular weight is 329 g/mol. The Hall–Kier alpha value is -1.37. The van der Waals surface area contributed by atoms with E-state index < -0.39 is 0 Å². The van der Waals surface area contributed by atoms with E-state index in [9.17, 15) is 4.79 Å². The van der Waals surface area contributed by atoms with Crippen LogP contribution in [0.15, 0.2) is 22.7 Å². The van der Waals surface area contributed by atoms with Gasteiger partial charge in [0.2, 0.25) is 0 Å². The van der Waals surface area contributed by atoms with E-state index in [1.165, 1.54) is 11.3 Å². The van der Waals surface area contributed by atoms with Gasteiger partial charge < -0.3 is 14.9 Å². The van der Waals surface area contributed by atoms with Crippen LogP contribution in [-0.2, 0) is 0 Å². The number of carbonyl (C=O) groups excluding carboxylic acids is 1. The minimum atomic E-state index is -0.306. The summed E-state index contributed by atoms with van der Waals surface area (Å²) in [4.78, 5) is 13.0. The van der Waals surface area contributed by atoms with Crippen molar-refractivity contribution >= 4 is 28.8 Å². The number of thiophene rings is 1. The monoisotopic (exact) mass is 328 g/mol. The van der Waals surface area contributed by atoms with E-state index in [2.05, 4.69) is 10.5 Å². The SMILES string of the molecule is CC(C)C(CCO)NC(=O)c1cc(-c2ccc(Cl)s2)on1. The van der Waals surface area contributed by atoms with Gasteiger partial charge in [0.25, 0.3) is 5.91 Å². The molecule has 1 amide bonds. The fourth-order valence-electron chi connectivity index (χ4n) is 1.90. The minimum Gasteiger partial charge on any atom is -0.396 e. The molecule has 0 aliphatic carbocycles. The van der Waals surface area contributed by atoms with Crippen molar-refractivity contribution in [3.05, 3.63) is 28.2 Å². The van der Waals surface area contributed by atoms with Gasteiger partial charge in [0.1, 0.15) is 0 Å². The summed E-state index contributed by atoms with van der Waals surface area (Å²) >= 11 is 7.23. The molecule has 7 heteroatoms. The predicted octanol–water partition coefficient (Wildman–Crippen LogP) is 3.19. The summed E-state index contributed by atoms with van der Waals surface area (Å²) in [7, 11) is 0. The molecule has 2 N–H and O–H groups in total. The Bertz CT molecular complexity index is 609. The molecule has 21 heavy (non-hydrogen) atoms. The van der Waals surface area contributed by atoms with Crippen LogP contribution in [0.1, 0.15) is 30.8 Å². The summed E-state index contributed by atoms with van der Waals surface area (Å²) in [6.07, 6.45) is 0.509. The second-order valence-electron chi connectivity index (χ2n) is 5.02. The number of nitrogens with one attached hydrogen (secondary N) is 1. The third-order valence-corrected chi connectivity index (χ3v) is 4.37. The minimum absolute atomic E-state index is 0.0287. The van der Waals surface area contributed by atoms with Gasteiger partial charge in [0.15, 0.2) is 11.5 Å². The molecule has 0 saturated heterocycles. The molecule has 0 spiro atoms. The molecule has 0 aliphatic heterocycles. The van der Waals surface area contributed by atoms with Crippen molar-refractivity contribution in [1.29, 1.82) is 0 Å². The molecule has 0 aliphatic rings. The molecule has 0 bridgehead atoms. The zero-order valence-electron chi connectivity index (χ0n) is 11.8. The Morgan fingerprint density at radius 3 is 2.86 bits per heavy atom. The molecule has 0 fully saturated rings. The first-order chi connectivity index (χ1) is 10.0. The van der Waals surface area contributed by atoms with Crippen LogP contribution < -0.4 is 5.32 Å². The van der Waals surface area contributed by atoms with Gasteiger partial charge in [0, 0.05) is 18.7 Å². The number of rotatable bonds is 6. The van der Waals surface area contributed by atoms with Crippen molar-refractivity contribution in [3.8, 4) is 10.6 Å². The van der Waals surface area contributed by atoms with E-state index in [0.717, 1.165) is 4.88 Å². The number of halogens is 1. The van der Waals surface area contributed by atoms with Gasteiger partial charge in [-0.3, -0.25) is 4.79 Å². The largest absolute Gasteiger partial charge is 0.396 e. The lowest BCUT2D eigenvalue weighted by molar-refractivity contribution is 0.0907. The Kier molecular flexibility index (Phi) is 5.39. The van der Waals surface area contributed by atoms with Crippen LogP contribution in [0.5, 0.6) is 0 Å². The highest BCUT2D eigenvalue weighted by molar-refractivity contribution is 7.19. The molecular weight excluding hydrogens is 312 g/mol. The van der Waals surface area contributed by atoms with E-state index in [-0.39, 0.29) is 30.2 Å². The highest BCUT2D eigenvalue weighted by atomic mass is 35.5. The van der Waals surface area contributed by atoms with Crippen molar-refractivity contribution in [3.63, 3.8) is 0 Å². The van der Waals surface area contributed by atoms with Crippen LogP contribution in [0.4, 0.5) is 0 Å². The Morgan fingerprint density at radius 2 is 2.29 bits per heavy atom. The number of carbonyl (C=O) groups is 1. The summed E-state index contributed by atoms with van der Waals surface area (Å²) in [6.45, 7) is 4.01. The smallest absolute Gasteiger partial charge is 0.273 e. The van der Waals surface area contributed by atoms with Crippen LogP contribution in [-0.4, -0.2) is 28.8 Å². The Morgan fingerprint density at radius 1 is 1.52 bits per heavy atom. The number of nitrogens with zero attached hydrogens (tertiary/aromatic N) is 1. The molecule has 0 radical (unpaired) electrons. The number of hydrogen-bond acceptors (Lipinski definition) is 5.